The molecule has 100 valence electrons. The van der Waals surface area contributed by atoms with Gasteiger partial charge in [0.25, 0.3) is 0 Å². The number of hydrazine groups is 1. The van der Waals surface area contributed by atoms with Crippen LogP contribution in [0.15, 0.2) is 0 Å². The molecule has 1 aliphatic heterocycles. The van der Waals surface area contributed by atoms with Crippen LogP contribution in [0.2, 0.25) is 0 Å². The lowest BCUT2D eigenvalue weighted by atomic mass is 10.0. The Labute approximate surface area is 104 Å². The maximum atomic E-state index is 10.9. The van der Waals surface area contributed by atoms with E-state index < -0.39 is 0 Å². The molecule has 5 nitrogen and oxygen atoms in total. The van der Waals surface area contributed by atoms with Crippen LogP contribution in [-0.4, -0.2) is 43.5 Å². The van der Waals surface area contributed by atoms with E-state index in [2.05, 4.69) is 22.7 Å². The van der Waals surface area contributed by atoms with E-state index in [9.17, 15) is 4.79 Å². The molecule has 1 amide bonds. The van der Waals surface area contributed by atoms with Crippen LogP contribution in [-0.2, 0) is 4.79 Å². The van der Waals surface area contributed by atoms with Gasteiger partial charge in [0.2, 0.25) is 5.91 Å². The van der Waals surface area contributed by atoms with Gasteiger partial charge in [-0.15, -0.1) is 0 Å². The Balaban J connectivity index is 1.99. The number of amides is 1. The van der Waals surface area contributed by atoms with Gasteiger partial charge >= 0.3 is 0 Å². The van der Waals surface area contributed by atoms with E-state index >= 15 is 0 Å². The molecule has 0 aromatic carbocycles. The summed E-state index contributed by atoms with van der Waals surface area (Å²) in [5.41, 5.74) is 2.16. The van der Waals surface area contributed by atoms with Crippen LogP contribution < -0.4 is 16.6 Å². The summed E-state index contributed by atoms with van der Waals surface area (Å²) >= 11 is 0. The fourth-order valence-electron chi connectivity index (χ4n) is 2.33. The van der Waals surface area contributed by atoms with Crippen LogP contribution in [0, 0.1) is 0 Å². The van der Waals surface area contributed by atoms with Gasteiger partial charge in [0.15, 0.2) is 0 Å². The molecule has 0 atom stereocenters. The predicted molar refractivity (Wildman–Crippen MR) is 69.3 cm³/mol. The summed E-state index contributed by atoms with van der Waals surface area (Å²) in [4.78, 5) is 13.4. The Morgan fingerprint density at radius 3 is 2.71 bits per heavy atom. The lowest BCUT2D eigenvalue weighted by Crippen LogP contribution is -2.41. The fraction of sp³-hybridized carbons (Fsp3) is 0.917. The Morgan fingerprint density at radius 2 is 2.06 bits per heavy atom. The van der Waals surface area contributed by atoms with Crippen molar-refractivity contribution in [1.29, 1.82) is 0 Å². The van der Waals surface area contributed by atoms with Gasteiger partial charge in [-0.2, -0.15) is 0 Å². The van der Waals surface area contributed by atoms with E-state index in [1.807, 2.05) is 0 Å². The molecule has 17 heavy (non-hydrogen) atoms. The van der Waals surface area contributed by atoms with Gasteiger partial charge in [-0.05, 0) is 52.4 Å². The summed E-state index contributed by atoms with van der Waals surface area (Å²) in [6.45, 7) is 3.42. The highest BCUT2D eigenvalue weighted by Gasteiger charge is 2.16. The number of hydrogen-bond acceptors (Lipinski definition) is 4. The van der Waals surface area contributed by atoms with Gasteiger partial charge in [-0.1, -0.05) is 6.42 Å². The van der Waals surface area contributed by atoms with E-state index in [0.29, 0.717) is 6.42 Å². The average Bonchev–Trinajstić information content (AvgIpc) is 2.38. The third-order valence-corrected chi connectivity index (χ3v) is 3.51. The topological polar surface area (TPSA) is 70.4 Å². The highest BCUT2D eigenvalue weighted by molar-refractivity contribution is 5.74. The zero-order chi connectivity index (χ0) is 12.5. The summed E-state index contributed by atoms with van der Waals surface area (Å²) < 4.78 is 0. The number of carbonyl (C=O) groups excluding carboxylic acids is 1. The normalized spacial score (nSPS) is 17.4. The number of unbranched alkanes of at least 4 members (excludes halogenated alkanes) is 2. The molecule has 0 radical (unpaired) electrons. The standard InChI is InChI=1S/C12H26N4O/c1-16(11-6-8-14-9-7-11)10-4-2-3-5-12(17)15-13/h11,14H,2-10,13H2,1H3,(H,15,17). The molecule has 0 aromatic rings. The lowest BCUT2D eigenvalue weighted by molar-refractivity contribution is -0.121. The SMILES string of the molecule is CN(CCCCCC(=O)NN)C1CCNCC1. The molecule has 0 bridgehead atoms. The molecule has 1 aliphatic rings. The zero-order valence-electron chi connectivity index (χ0n) is 10.9. The van der Waals surface area contributed by atoms with Crippen LogP contribution in [0.4, 0.5) is 0 Å². The minimum Gasteiger partial charge on any atom is -0.317 e. The highest BCUT2D eigenvalue weighted by Crippen LogP contribution is 2.11. The molecule has 0 aromatic heterocycles. The van der Waals surface area contributed by atoms with E-state index in [1.54, 1.807) is 0 Å². The number of nitrogens with two attached hydrogens (primary N) is 1. The summed E-state index contributed by atoms with van der Waals surface area (Å²) in [7, 11) is 2.21. The summed E-state index contributed by atoms with van der Waals surface area (Å²) in [5, 5.41) is 3.38. The molecule has 1 heterocycles. The summed E-state index contributed by atoms with van der Waals surface area (Å²) in [6, 6.07) is 0.739. The maximum Gasteiger partial charge on any atom is 0.233 e. The van der Waals surface area contributed by atoms with Crippen LogP contribution in [0.5, 0.6) is 0 Å². The molecule has 0 spiro atoms. The molecular weight excluding hydrogens is 216 g/mol. The molecule has 0 aliphatic carbocycles. The lowest BCUT2D eigenvalue weighted by Gasteiger charge is -2.31. The molecule has 1 saturated heterocycles. The molecule has 1 rings (SSSR count). The van der Waals surface area contributed by atoms with E-state index in [0.717, 1.165) is 44.9 Å². The second-order valence-corrected chi connectivity index (χ2v) is 4.84. The van der Waals surface area contributed by atoms with Gasteiger partial charge in [0, 0.05) is 12.5 Å². The predicted octanol–water partition coefficient (Wildman–Crippen LogP) is 0.221. The van der Waals surface area contributed by atoms with Crippen LogP contribution >= 0.6 is 0 Å². The van der Waals surface area contributed by atoms with Gasteiger partial charge in [-0.25, -0.2) is 5.84 Å². The maximum absolute atomic E-state index is 10.9. The quantitative estimate of drug-likeness (QED) is 0.258. The number of hydrogen-bond donors (Lipinski definition) is 3. The van der Waals surface area contributed by atoms with Crippen molar-refractivity contribution in [1.82, 2.24) is 15.6 Å². The van der Waals surface area contributed by atoms with E-state index in [4.69, 9.17) is 5.84 Å². The van der Waals surface area contributed by atoms with Crippen molar-refractivity contribution in [2.75, 3.05) is 26.7 Å². The smallest absolute Gasteiger partial charge is 0.233 e. The molecule has 0 saturated carbocycles. The number of carbonyl (C=O) groups is 1. The van der Waals surface area contributed by atoms with Gasteiger partial charge in [-0.3, -0.25) is 10.2 Å². The highest BCUT2D eigenvalue weighted by atomic mass is 16.2. The number of piperidine rings is 1. The molecular formula is C12H26N4O. The first-order valence-corrected chi connectivity index (χ1v) is 6.64. The van der Waals surface area contributed by atoms with Crippen molar-refractivity contribution in [2.24, 2.45) is 5.84 Å². The van der Waals surface area contributed by atoms with Crippen molar-refractivity contribution in [2.45, 2.75) is 44.6 Å². The zero-order valence-corrected chi connectivity index (χ0v) is 10.9. The second-order valence-electron chi connectivity index (χ2n) is 4.84. The number of rotatable bonds is 7. The number of nitrogens with zero attached hydrogens (tertiary/aromatic N) is 1. The molecule has 1 fully saturated rings. The third-order valence-electron chi connectivity index (χ3n) is 3.51. The minimum absolute atomic E-state index is 0.0586. The van der Waals surface area contributed by atoms with E-state index in [-0.39, 0.29) is 5.91 Å². The van der Waals surface area contributed by atoms with Crippen LogP contribution in [0.1, 0.15) is 38.5 Å². The fourth-order valence-corrected chi connectivity index (χ4v) is 2.33. The van der Waals surface area contributed by atoms with Crippen molar-refractivity contribution in [3.8, 4) is 0 Å². The Morgan fingerprint density at radius 1 is 1.35 bits per heavy atom. The Kier molecular flexibility index (Phi) is 7.16. The minimum atomic E-state index is -0.0586. The van der Waals surface area contributed by atoms with Crippen LogP contribution in [0.25, 0.3) is 0 Å². The van der Waals surface area contributed by atoms with Crippen molar-refractivity contribution < 1.29 is 4.79 Å². The van der Waals surface area contributed by atoms with Gasteiger partial charge in [0.05, 0.1) is 0 Å². The Bertz CT molecular complexity index is 217. The average molecular weight is 242 g/mol. The summed E-state index contributed by atoms with van der Waals surface area (Å²) in [6.07, 6.45) is 6.26. The van der Waals surface area contributed by atoms with Crippen LogP contribution in [0.3, 0.4) is 0 Å². The first-order valence-electron chi connectivity index (χ1n) is 6.64. The molecule has 5 heteroatoms. The third kappa shape index (κ3) is 6.00. The summed E-state index contributed by atoms with van der Waals surface area (Å²) in [5.74, 6) is 4.96. The van der Waals surface area contributed by atoms with Gasteiger partial charge in [0.1, 0.15) is 0 Å². The van der Waals surface area contributed by atoms with Crippen molar-refractivity contribution in [3.05, 3.63) is 0 Å². The largest absolute Gasteiger partial charge is 0.317 e. The monoisotopic (exact) mass is 242 g/mol. The Hall–Kier alpha value is -0.650. The number of nitrogens with one attached hydrogen (secondary N) is 2. The van der Waals surface area contributed by atoms with Gasteiger partial charge < -0.3 is 10.2 Å². The first-order chi connectivity index (χ1) is 8.24. The van der Waals surface area contributed by atoms with E-state index in [1.165, 1.54) is 12.8 Å². The van der Waals surface area contributed by atoms with Crippen molar-refractivity contribution in [3.63, 3.8) is 0 Å². The van der Waals surface area contributed by atoms with Crippen molar-refractivity contribution >= 4 is 5.91 Å². The molecule has 4 N–H and O–H groups in total. The first kappa shape index (κ1) is 14.4. The molecule has 0 unspecified atom stereocenters. The second kappa shape index (κ2) is 8.44.